The highest BCUT2D eigenvalue weighted by Gasteiger charge is 2.34. The average Bonchev–Trinajstić information content (AvgIpc) is 2.87. The van der Waals surface area contributed by atoms with E-state index >= 15 is 0 Å². The largest absolute Gasteiger partial charge is 0.466 e. The van der Waals surface area contributed by atoms with Gasteiger partial charge in [0.2, 0.25) is 11.8 Å². The van der Waals surface area contributed by atoms with E-state index < -0.39 is 12.0 Å². The summed E-state index contributed by atoms with van der Waals surface area (Å²) in [5.74, 6) is -1.38. The lowest BCUT2D eigenvalue weighted by Gasteiger charge is -2.34. The number of para-hydroxylation sites is 1. The minimum atomic E-state index is -0.903. The van der Waals surface area contributed by atoms with Gasteiger partial charge in [-0.15, -0.1) is 0 Å². The van der Waals surface area contributed by atoms with E-state index in [9.17, 15) is 19.2 Å². The van der Waals surface area contributed by atoms with Crippen molar-refractivity contribution in [2.24, 2.45) is 0 Å². The van der Waals surface area contributed by atoms with Crippen LogP contribution in [0.25, 0.3) is 0 Å². The van der Waals surface area contributed by atoms with Gasteiger partial charge in [-0.2, -0.15) is 0 Å². The average molecular weight is 467 g/mol. The summed E-state index contributed by atoms with van der Waals surface area (Å²) in [4.78, 5) is 53.1. The molecule has 1 aliphatic rings. The van der Waals surface area contributed by atoms with Gasteiger partial charge in [0.1, 0.15) is 6.04 Å². The van der Waals surface area contributed by atoms with Gasteiger partial charge in [-0.1, -0.05) is 31.2 Å². The maximum atomic E-state index is 12.9. The van der Waals surface area contributed by atoms with Gasteiger partial charge < -0.3 is 25.2 Å². The number of carbonyl (C=O) groups excluding carboxylic acids is 4. The zero-order valence-electron chi connectivity index (χ0n) is 19.5. The second kappa shape index (κ2) is 11.8. The lowest BCUT2D eigenvalue weighted by molar-refractivity contribution is -0.151. The number of hydrogen-bond donors (Lipinski definition) is 2. The van der Waals surface area contributed by atoms with Crippen LogP contribution in [0.1, 0.15) is 30.1 Å². The second-order valence-electron chi connectivity index (χ2n) is 7.95. The van der Waals surface area contributed by atoms with Gasteiger partial charge in [-0.05, 0) is 36.8 Å². The summed E-state index contributed by atoms with van der Waals surface area (Å²) < 4.78 is 5.08. The molecule has 1 atom stereocenters. The number of carbonyl (C=O) groups is 4. The first-order valence-corrected chi connectivity index (χ1v) is 11.3. The van der Waals surface area contributed by atoms with Crippen molar-refractivity contribution in [1.29, 1.82) is 0 Å². The van der Waals surface area contributed by atoms with Crippen molar-refractivity contribution in [3.63, 3.8) is 0 Å². The number of piperazine rings is 1. The van der Waals surface area contributed by atoms with Gasteiger partial charge in [0.15, 0.2) is 0 Å². The molecule has 0 aliphatic carbocycles. The highest BCUT2D eigenvalue weighted by molar-refractivity contribution is 6.06. The summed E-state index contributed by atoms with van der Waals surface area (Å²) in [6, 6.07) is 15.3. The van der Waals surface area contributed by atoms with E-state index in [1.807, 2.05) is 37.3 Å². The molecule has 1 aliphatic heterocycles. The zero-order chi connectivity index (χ0) is 24.5. The Bertz CT molecular complexity index is 1030. The molecule has 0 saturated carbocycles. The van der Waals surface area contributed by atoms with E-state index in [4.69, 9.17) is 4.74 Å². The number of rotatable bonds is 9. The van der Waals surface area contributed by atoms with Gasteiger partial charge in [0.05, 0.1) is 19.6 Å². The number of amides is 3. The van der Waals surface area contributed by atoms with Crippen LogP contribution in [0.2, 0.25) is 0 Å². The summed E-state index contributed by atoms with van der Waals surface area (Å²) >= 11 is 0. The Balaban J connectivity index is 1.63. The molecular formula is C25H30N4O5. The van der Waals surface area contributed by atoms with Crippen LogP contribution in [0.4, 0.5) is 11.4 Å². The number of nitrogens with zero attached hydrogens (tertiary/aromatic N) is 2. The monoisotopic (exact) mass is 466 g/mol. The Morgan fingerprint density at radius 3 is 2.65 bits per heavy atom. The number of hydrogen-bond acceptors (Lipinski definition) is 6. The number of nitrogens with one attached hydrogen (secondary N) is 2. The third-order valence-corrected chi connectivity index (χ3v) is 5.48. The molecule has 1 unspecified atom stereocenters. The molecule has 0 aromatic heterocycles. The van der Waals surface area contributed by atoms with E-state index in [1.165, 1.54) is 4.90 Å². The molecule has 0 spiro atoms. The van der Waals surface area contributed by atoms with Crippen LogP contribution in [-0.4, -0.2) is 67.9 Å². The Morgan fingerprint density at radius 2 is 1.91 bits per heavy atom. The lowest BCUT2D eigenvalue weighted by atomic mass is 10.1. The summed E-state index contributed by atoms with van der Waals surface area (Å²) in [7, 11) is 1.70. The molecule has 0 bridgehead atoms. The predicted octanol–water partition coefficient (Wildman–Crippen LogP) is 2.05. The zero-order valence-corrected chi connectivity index (χ0v) is 19.5. The molecule has 2 aromatic rings. The number of ether oxygens (including phenoxy) is 1. The van der Waals surface area contributed by atoms with Crippen LogP contribution >= 0.6 is 0 Å². The SMILES string of the molecule is CCCOC(=O)CC1C(=O)NCCN1C(=O)CNc1cccc(C(=O)N(C)c2ccccc2)c1. The van der Waals surface area contributed by atoms with Crippen molar-refractivity contribution in [2.75, 3.05) is 43.5 Å². The van der Waals surface area contributed by atoms with Crippen LogP contribution in [0.3, 0.4) is 0 Å². The minimum Gasteiger partial charge on any atom is -0.466 e. The summed E-state index contributed by atoms with van der Waals surface area (Å²) in [6.07, 6.45) is 0.491. The van der Waals surface area contributed by atoms with Gasteiger partial charge in [0.25, 0.3) is 5.91 Å². The summed E-state index contributed by atoms with van der Waals surface area (Å²) in [6.45, 7) is 2.70. The summed E-state index contributed by atoms with van der Waals surface area (Å²) in [5, 5.41) is 5.72. The minimum absolute atomic E-state index is 0.0834. The molecule has 9 nitrogen and oxygen atoms in total. The Kier molecular flexibility index (Phi) is 8.61. The van der Waals surface area contributed by atoms with Crippen molar-refractivity contribution in [3.8, 4) is 0 Å². The van der Waals surface area contributed by atoms with Crippen LogP contribution in [0.5, 0.6) is 0 Å². The standard InChI is InChI=1S/C25H30N4O5/c1-3-14-34-23(31)16-21-24(32)26-12-13-29(21)22(30)17-27-19-9-7-8-18(15-19)25(33)28(2)20-10-5-4-6-11-20/h4-11,15,21,27H,3,12-14,16-17H2,1-2H3,(H,26,32). The summed E-state index contributed by atoms with van der Waals surface area (Å²) in [5.41, 5.74) is 1.84. The molecule has 1 saturated heterocycles. The lowest BCUT2D eigenvalue weighted by Crippen LogP contribution is -2.58. The molecule has 1 heterocycles. The van der Waals surface area contributed by atoms with Crippen LogP contribution in [0.15, 0.2) is 54.6 Å². The Morgan fingerprint density at radius 1 is 1.15 bits per heavy atom. The quantitative estimate of drug-likeness (QED) is 0.548. The molecule has 2 N–H and O–H groups in total. The normalized spacial score (nSPS) is 15.3. The fraction of sp³-hybridized carbons (Fsp3) is 0.360. The number of esters is 1. The molecule has 9 heteroatoms. The fourth-order valence-electron chi connectivity index (χ4n) is 3.65. The molecule has 34 heavy (non-hydrogen) atoms. The highest BCUT2D eigenvalue weighted by Crippen LogP contribution is 2.18. The third-order valence-electron chi connectivity index (χ3n) is 5.48. The van der Waals surface area contributed by atoms with Crippen molar-refractivity contribution in [2.45, 2.75) is 25.8 Å². The molecule has 3 amide bonds. The molecule has 180 valence electrons. The first-order valence-electron chi connectivity index (χ1n) is 11.3. The Hall–Kier alpha value is -3.88. The van der Waals surface area contributed by atoms with Crippen LogP contribution < -0.4 is 15.5 Å². The molecular weight excluding hydrogens is 436 g/mol. The number of anilines is 2. The fourth-order valence-corrected chi connectivity index (χ4v) is 3.65. The molecule has 0 radical (unpaired) electrons. The maximum Gasteiger partial charge on any atom is 0.308 e. The third kappa shape index (κ3) is 6.34. The van der Waals surface area contributed by atoms with E-state index in [-0.39, 0.29) is 37.3 Å². The number of benzene rings is 2. The topological polar surface area (TPSA) is 108 Å². The first kappa shape index (κ1) is 24.8. The first-order chi connectivity index (χ1) is 16.4. The highest BCUT2D eigenvalue weighted by atomic mass is 16.5. The molecule has 1 fully saturated rings. The van der Waals surface area contributed by atoms with Crippen molar-refractivity contribution in [1.82, 2.24) is 10.2 Å². The van der Waals surface area contributed by atoms with E-state index in [2.05, 4.69) is 10.6 Å². The maximum absolute atomic E-state index is 12.9. The predicted molar refractivity (Wildman–Crippen MR) is 128 cm³/mol. The van der Waals surface area contributed by atoms with E-state index in [1.54, 1.807) is 36.2 Å². The van der Waals surface area contributed by atoms with Crippen molar-refractivity contribution >= 4 is 35.1 Å². The second-order valence-corrected chi connectivity index (χ2v) is 7.95. The van der Waals surface area contributed by atoms with E-state index in [0.29, 0.717) is 30.8 Å². The molecule has 2 aromatic carbocycles. The molecule has 3 rings (SSSR count). The van der Waals surface area contributed by atoms with Crippen LogP contribution in [-0.2, 0) is 19.1 Å². The van der Waals surface area contributed by atoms with Crippen molar-refractivity contribution < 1.29 is 23.9 Å². The van der Waals surface area contributed by atoms with Gasteiger partial charge in [-0.25, -0.2) is 0 Å². The van der Waals surface area contributed by atoms with Gasteiger partial charge >= 0.3 is 5.97 Å². The van der Waals surface area contributed by atoms with Crippen LogP contribution in [0, 0.1) is 0 Å². The Labute approximate surface area is 199 Å². The van der Waals surface area contributed by atoms with Gasteiger partial charge in [-0.3, -0.25) is 19.2 Å². The van der Waals surface area contributed by atoms with Gasteiger partial charge in [0, 0.05) is 37.1 Å². The van der Waals surface area contributed by atoms with Crippen molar-refractivity contribution in [3.05, 3.63) is 60.2 Å². The van der Waals surface area contributed by atoms with E-state index in [0.717, 1.165) is 5.69 Å². The smallest absolute Gasteiger partial charge is 0.308 e.